The van der Waals surface area contributed by atoms with E-state index in [-0.39, 0.29) is 0 Å². The Balaban J connectivity index is 1.60. The van der Waals surface area contributed by atoms with Gasteiger partial charge in [-0.15, -0.1) is 0 Å². The fraction of sp³-hybridized carbons (Fsp3) is 0.769. The van der Waals surface area contributed by atoms with E-state index >= 15 is 0 Å². The zero-order valence-electron chi connectivity index (χ0n) is 10.6. The maximum Gasteiger partial charge on any atom is 0.122 e. The SMILES string of the molecule is CCNC1CCC(N2CCn3ccnc3C2)C1. The Bertz CT molecular complexity index is 373. The molecular formula is C13H22N4. The molecule has 1 N–H and O–H groups in total. The predicted molar refractivity (Wildman–Crippen MR) is 67.7 cm³/mol. The molecule has 0 radical (unpaired) electrons. The summed E-state index contributed by atoms with van der Waals surface area (Å²) in [4.78, 5) is 7.06. The van der Waals surface area contributed by atoms with Gasteiger partial charge >= 0.3 is 0 Å². The number of hydrogen-bond acceptors (Lipinski definition) is 3. The van der Waals surface area contributed by atoms with Crippen LogP contribution in [0.15, 0.2) is 12.4 Å². The van der Waals surface area contributed by atoms with Gasteiger partial charge in [0.25, 0.3) is 0 Å². The lowest BCUT2D eigenvalue weighted by atomic mass is 10.2. The van der Waals surface area contributed by atoms with Crippen LogP contribution in [0, 0.1) is 0 Å². The Morgan fingerprint density at radius 1 is 1.41 bits per heavy atom. The molecule has 0 aromatic carbocycles. The lowest BCUT2D eigenvalue weighted by Gasteiger charge is -2.32. The summed E-state index contributed by atoms with van der Waals surface area (Å²) in [5.74, 6) is 1.24. The number of hydrogen-bond donors (Lipinski definition) is 1. The number of fused-ring (bicyclic) bond motifs is 1. The second-order valence-corrected chi connectivity index (χ2v) is 5.23. The van der Waals surface area contributed by atoms with Gasteiger partial charge in [-0.05, 0) is 25.8 Å². The Morgan fingerprint density at radius 2 is 2.35 bits per heavy atom. The number of nitrogens with one attached hydrogen (secondary N) is 1. The maximum absolute atomic E-state index is 4.44. The van der Waals surface area contributed by atoms with Gasteiger partial charge in [-0.3, -0.25) is 4.90 Å². The van der Waals surface area contributed by atoms with Gasteiger partial charge in [0, 0.05) is 37.6 Å². The minimum absolute atomic E-state index is 0.742. The number of nitrogens with zero attached hydrogens (tertiary/aromatic N) is 3. The van der Waals surface area contributed by atoms with Gasteiger partial charge in [0.05, 0.1) is 6.54 Å². The van der Waals surface area contributed by atoms with E-state index < -0.39 is 0 Å². The third kappa shape index (κ3) is 2.24. The lowest BCUT2D eigenvalue weighted by Crippen LogP contribution is -2.41. The molecule has 94 valence electrons. The van der Waals surface area contributed by atoms with Crippen LogP contribution in [0.5, 0.6) is 0 Å². The molecule has 1 fully saturated rings. The summed E-state index contributed by atoms with van der Waals surface area (Å²) in [6.45, 7) is 6.63. The van der Waals surface area contributed by atoms with E-state index in [1.54, 1.807) is 0 Å². The second kappa shape index (κ2) is 4.78. The molecule has 2 unspecified atom stereocenters. The van der Waals surface area contributed by atoms with Crippen LogP contribution in [0.1, 0.15) is 32.0 Å². The average Bonchev–Trinajstić information content (AvgIpc) is 2.96. The second-order valence-electron chi connectivity index (χ2n) is 5.23. The third-order valence-electron chi connectivity index (χ3n) is 4.19. The van der Waals surface area contributed by atoms with Gasteiger partial charge in [-0.25, -0.2) is 4.98 Å². The summed E-state index contributed by atoms with van der Waals surface area (Å²) >= 11 is 0. The summed E-state index contributed by atoms with van der Waals surface area (Å²) in [6, 6.07) is 1.51. The van der Waals surface area contributed by atoms with Crippen LogP contribution in [0.4, 0.5) is 0 Å². The summed E-state index contributed by atoms with van der Waals surface area (Å²) in [5.41, 5.74) is 0. The summed E-state index contributed by atoms with van der Waals surface area (Å²) < 4.78 is 2.28. The van der Waals surface area contributed by atoms with E-state index in [1.165, 1.54) is 31.6 Å². The van der Waals surface area contributed by atoms with E-state index in [0.717, 1.165) is 31.7 Å². The van der Waals surface area contributed by atoms with Crippen LogP contribution in [-0.2, 0) is 13.1 Å². The summed E-state index contributed by atoms with van der Waals surface area (Å²) in [7, 11) is 0. The van der Waals surface area contributed by atoms with Crippen molar-refractivity contribution in [1.82, 2.24) is 19.8 Å². The third-order valence-corrected chi connectivity index (χ3v) is 4.19. The van der Waals surface area contributed by atoms with Crippen molar-refractivity contribution in [1.29, 1.82) is 0 Å². The van der Waals surface area contributed by atoms with Crippen LogP contribution < -0.4 is 5.32 Å². The Morgan fingerprint density at radius 3 is 3.24 bits per heavy atom. The Kier molecular flexibility index (Phi) is 3.16. The monoisotopic (exact) mass is 234 g/mol. The van der Waals surface area contributed by atoms with E-state index in [9.17, 15) is 0 Å². The van der Waals surface area contributed by atoms with Crippen LogP contribution in [0.25, 0.3) is 0 Å². The molecule has 2 heterocycles. The van der Waals surface area contributed by atoms with Gasteiger partial charge < -0.3 is 9.88 Å². The van der Waals surface area contributed by atoms with Gasteiger partial charge in [0.15, 0.2) is 0 Å². The predicted octanol–water partition coefficient (Wildman–Crippen LogP) is 1.23. The van der Waals surface area contributed by atoms with Crippen molar-refractivity contribution < 1.29 is 0 Å². The molecule has 0 saturated heterocycles. The van der Waals surface area contributed by atoms with Gasteiger partial charge in [0.1, 0.15) is 5.82 Å². The molecule has 0 bridgehead atoms. The minimum Gasteiger partial charge on any atom is -0.333 e. The quantitative estimate of drug-likeness (QED) is 0.854. The van der Waals surface area contributed by atoms with Gasteiger partial charge in [0.2, 0.25) is 0 Å². The largest absolute Gasteiger partial charge is 0.333 e. The first-order valence-electron chi connectivity index (χ1n) is 6.84. The highest BCUT2D eigenvalue weighted by Gasteiger charge is 2.30. The van der Waals surface area contributed by atoms with E-state index in [4.69, 9.17) is 0 Å². The molecule has 1 aliphatic carbocycles. The molecule has 1 aromatic rings. The van der Waals surface area contributed by atoms with Crippen molar-refractivity contribution in [2.45, 2.75) is 51.4 Å². The number of aromatic nitrogens is 2. The Labute approximate surface area is 103 Å². The topological polar surface area (TPSA) is 33.1 Å². The van der Waals surface area contributed by atoms with Crippen molar-refractivity contribution in [3.05, 3.63) is 18.2 Å². The van der Waals surface area contributed by atoms with Crippen molar-refractivity contribution in [2.24, 2.45) is 0 Å². The van der Waals surface area contributed by atoms with E-state index in [2.05, 4.69) is 32.9 Å². The normalized spacial score (nSPS) is 29.5. The Hall–Kier alpha value is -0.870. The highest BCUT2D eigenvalue weighted by Crippen LogP contribution is 2.26. The zero-order valence-corrected chi connectivity index (χ0v) is 10.6. The molecular weight excluding hydrogens is 212 g/mol. The number of rotatable bonds is 3. The van der Waals surface area contributed by atoms with Crippen LogP contribution in [0.3, 0.4) is 0 Å². The van der Waals surface area contributed by atoms with Gasteiger partial charge in [-0.2, -0.15) is 0 Å². The first-order chi connectivity index (χ1) is 8.36. The summed E-state index contributed by atoms with van der Waals surface area (Å²) in [5, 5.41) is 3.58. The van der Waals surface area contributed by atoms with Crippen molar-refractivity contribution in [3.63, 3.8) is 0 Å². The average molecular weight is 234 g/mol. The highest BCUT2D eigenvalue weighted by molar-refractivity contribution is 4.98. The molecule has 3 rings (SSSR count). The van der Waals surface area contributed by atoms with E-state index in [1.807, 2.05) is 6.20 Å². The van der Waals surface area contributed by atoms with Crippen molar-refractivity contribution >= 4 is 0 Å². The van der Waals surface area contributed by atoms with Crippen LogP contribution in [-0.4, -0.2) is 39.6 Å². The standard InChI is InChI=1S/C13H22N4/c1-2-14-11-3-4-12(9-11)17-8-7-16-6-5-15-13(16)10-17/h5-6,11-12,14H,2-4,7-10H2,1H3. The molecule has 0 spiro atoms. The number of imidazole rings is 1. The van der Waals surface area contributed by atoms with Crippen LogP contribution in [0.2, 0.25) is 0 Å². The summed E-state index contributed by atoms with van der Waals surface area (Å²) in [6.07, 6.45) is 8.02. The lowest BCUT2D eigenvalue weighted by molar-refractivity contribution is 0.152. The smallest absolute Gasteiger partial charge is 0.122 e. The maximum atomic E-state index is 4.44. The van der Waals surface area contributed by atoms with Crippen LogP contribution >= 0.6 is 0 Å². The fourth-order valence-electron chi connectivity index (χ4n) is 3.27. The molecule has 0 amide bonds. The molecule has 2 aliphatic rings. The molecule has 1 aromatic heterocycles. The first kappa shape index (κ1) is 11.2. The zero-order chi connectivity index (χ0) is 11.7. The molecule has 17 heavy (non-hydrogen) atoms. The molecule has 1 aliphatic heterocycles. The molecule has 4 nitrogen and oxygen atoms in total. The fourth-order valence-corrected chi connectivity index (χ4v) is 3.27. The van der Waals surface area contributed by atoms with Crippen molar-refractivity contribution in [3.8, 4) is 0 Å². The van der Waals surface area contributed by atoms with Crippen molar-refractivity contribution in [2.75, 3.05) is 13.1 Å². The first-order valence-corrected chi connectivity index (χ1v) is 6.84. The molecule has 1 saturated carbocycles. The molecule has 4 heteroatoms. The molecule has 2 atom stereocenters. The van der Waals surface area contributed by atoms with E-state index in [0.29, 0.717) is 0 Å². The van der Waals surface area contributed by atoms with Gasteiger partial charge in [-0.1, -0.05) is 6.92 Å². The minimum atomic E-state index is 0.742. The highest BCUT2D eigenvalue weighted by atomic mass is 15.3.